The number of nitrogens with one attached hydrogen (secondary N) is 2. The maximum atomic E-state index is 13.1. The fraction of sp³-hybridized carbons (Fsp3) is 0.379. The van der Waals surface area contributed by atoms with E-state index < -0.39 is 0 Å². The van der Waals surface area contributed by atoms with Crippen molar-refractivity contribution in [1.29, 1.82) is 0 Å². The number of nitrogens with zero attached hydrogens (tertiary/aromatic N) is 6. The SMILES string of the molecule is COCCOc1ccc(-c2c(C(=O)N(C)C)cc3cnc(SNc4ccc(N5CC6(CCNC6)C5)cn4)nn23)cc1. The van der Waals surface area contributed by atoms with Crippen molar-refractivity contribution < 1.29 is 14.3 Å². The third-order valence-electron chi connectivity index (χ3n) is 7.56. The van der Waals surface area contributed by atoms with Gasteiger partial charge in [-0.2, -0.15) is 0 Å². The van der Waals surface area contributed by atoms with E-state index in [0.29, 0.717) is 35.0 Å². The first-order chi connectivity index (χ1) is 19.9. The number of hydrogen-bond acceptors (Lipinski definition) is 10. The zero-order chi connectivity index (χ0) is 28.4. The summed E-state index contributed by atoms with van der Waals surface area (Å²) < 4.78 is 15.8. The van der Waals surface area contributed by atoms with E-state index in [1.54, 1.807) is 36.8 Å². The second kappa shape index (κ2) is 11.6. The van der Waals surface area contributed by atoms with Crippen LogP contribution in [0.4, 0.5) is 11.5 Å². The molecule has 0 aliphatic carbocycles. The summed E-state index contributed by atoms with van der Waals surface area (Å²) >= 11 is 1.27. The Morgan fingerprint density at radius 1 is 1.12 bits per heavy atom. The molecule has 1 amide bonds. The molecule has 2 fully saturated rings. The van der Waals surface area contributed by atoms with Crippen LogP contribution in [0.25, 0.3) is 16.8 Å². The van der Waals surface area contributed by atoms with E-state index in [1.807, 2.05) is 42.6 Å². The van der Waals surface area contributed by atoms with Gasteiger partial charge in [0.2, 0.25) is 5.16 Å². The third kappa shape index (κ3) is 5.67. The third-order valence-corrected chi connectivity index (χ3v) is 8.24. The molecule has 2 aliphatic rings. The molecule has 2 saturated heterocycles. The first-order valence-corrected chi connectivity index (χ1v) is 14.4. The molecule has 41 heavy (non-hydrogen) atoms. The van der Waals surface area contributed by atoms with Crippen LogP contribution >= 0.6 is 11.9 Å². The summed E-state index contributed by atoms with van der Waals surface area (Å²) in [4.78, 5) is 26.2. The summed E-state index contributed by atoms with van der Waals surface area (Å²) in [6, 6.07) is 13.5. The standard InChI is InChI=1S/C29H34N8O3S/c1-35(2)27(38)24-14-22-16-32-28(33-37(22)26(24)20-4-7-23(8-5-20)40-13-12-39-3)41-34-25-9-6-21(15-31-25)36-18-29(19-36)10-11-30-17-29/h4-9,14-16,30H,10-13,17-19H2,1-3H3,(H,31,34). The van der Waals surface area contributed by atoms with Crippen molar-refractivity contribution in [2.75, 3.05) is 70.2 Å². The van der Waals surface area contributed by atoms with Gasteiger partial charge in [-0.1, -0.05) is 0 Å². The van der Waals surface area contributed by atoms with E-state index in [9.17, 15) is 4.79 Å². The predicted octanol–water partition coefficient (Wildman–Crippen LogP) is 3.44. The van der Waals surface area contributed by atoms with Crippen molar-refractivity contribution in [3.8, 4) is 17.0 Å². The first kappa shape index (κ1) is 27.3. The number of carbonyl (C=O) groups is 1. The van der Waals surface area contributed by atoms with E-state index in [-0.39, 0.29) is 5.91 Å². The van der Waals surface area contributed by atoms with Gasteiger partial charge in [0.25, 0.3) is 5.91 Å². The highest BCUT2D eigenvalue weighted by molar-refractivity contribution is 8.00. The Bertz CT molecular complexity index is 1510. The lowest BCUT2D eigenvalue weighted by Crippen LogP contribution is -2.57. The monoisotopic (exact) mass is 574 g/mol. The van der Waals surface area contributed by atoms with E-state index in [2.05, 4.69) is 31.0 Å². The van der Waals surface area contributed by atoms with Gasteiger partial charge in [-0.25, -0.2) is 14.5 Å². The largest absolute Gasteiger partial charge is 0.491 e. The number of anilines is 2. The number of carbonyl (C=O) groups excluding carboxylic acids is 1. The number of amides is 1. The number of ether oxygens (including phenoxy) is 2. The number of aromatic nitrogens is 4. The predicted molar refractivity (Wildman–Crippen MR) is 160 cm³/mol. The van der Waals surface area contributed by atoms with Crippen LogP contribution < -0.4 is 19.7 Å². The van der Waals surface area contributed by atoms with Crippen LogP contribution in [0, 0.1) is 5.41 Å². The van der Waals surface area contributed by atoms with Crippen LogP contribution in [0.2, 0.25) is 0 Å². The maximum Gasteiger partial charge on any atom is 0.255 e. The first-order valence-electron chi connectivity index (χ1n) is 13.6. The van der Waals surface area contributed by atoms with Crippen LogP contribution in [-0.2, 0) is 4.74 Å². The second-order valence-electron chi connectivity index (χ2n) is 10.7. The van der Waals surface area contributed by atoms with Gasteiger partial charge in [-0.05, 0) is 55.4 Å². The van der Waals surface area contributed by atoms with Crippen LogP contribution in [0.5, 0.6) is 5.75 Å². The van der Waals surface area contributed by atoms with E-state index >= 15 is 0 Å². The number of rotatable bonds is 10. The minimum absolute atomic E-state index is 0.111. The van der Waals surface area contributed by atoms with Gasteiger partial charge in [0, 0.05) is 63.8 Å². The molecule has 0 bridgehead atoms. The van der Waals surface area contributed by atoms with Crippen LogP contribution in [-0.4, -0.2) is 91.0 Å². The van der Waals surface area contributed by atoms with Gasteiger partial charge < -0.3 is 29.3 Å². The molecule has 214 valence electrons. The Balaban J connectivity index is 1.19. The molecule has 11 nitrogen and oxygen atoms in total. The minimum atomic E-state index is -0.111. The molecule has 2 N–H and O–H groups in total. The lowest BCUT2D eigenvalue weighted by atomic mass is 9.79. The highest BCUT2D eigenvalue weighted by Crippen LogP contribution is 2.39. The zero-order valence-electron chi connectivity index (χ0n) is 23.5. The summed E-state index contributed by atoms with van der Waals surface area (Å²) in [6.07, 6.45) is 4.89. The van der Waals surface area contributed by atoms with Crippen LogP contribution in [0.1, 0.15) is 16.8 Å². The molecule has 1 aromatic carbocycles. The van der Waals surface area contributed by atoms with Crippen molar-refractivity contribution in [2.24, 2.45) is 5.41 Å². The van der Waals surface area contributed by atoms with Crippen LogP contribution in [0.15, 0.2) is 60.0 Å². The Hall–Kier alpha value is -3.87. The Labute approximate surface area is 243 Å². The number of hydrogen-bond donors (Lipinski definition) is 2. The summed E-state index contributed by atoms with van der Waals surface area (Å²) in [5.41, 5.74) is 4.39. The summed E-state index contributed by atoms with van der Waals surface area (Å²) in [6.45, 7) is 5.36. The quantitative estimate of drug-likeness (QED) is 0.216. The maximum absolute atomic E-state index is 13.1. The van der Waals surface area contributed by atoms with Crippen molar-refractivity contribution >= 4 is 34.9 Å². The number of methoxy groups -OCH3 is 1. The molecular formula is C29H34N8O3S. The van der Waals surface area contributed by atoms with Gasteiger partial charge in [-0.15, -0.1) is 5.10 Å². The van der Waals surface area contributed by atoms with Crippen molar-refractivity contribution in [3.05, 3.63) is 60.4 Å². The number of benzene rings is 1. The number of fused-ring (bicyclic) bond motifs is 1. The number of pyridine rings is 1. The molecule has 0 unspecified atom stereocenters. The lowest BCUT2D eigenvalue weighted by molar-refractivity contribution is 0.0828. The van der Waals surface area contributed by atoms with E-state index in [4.69, 9.17) is 14.6 Å². The molecule has 12 heteroatoms. The van der Waals surface area contributed by atoms with Crippen molar-refractivity contribution in [2.45, 2.75) is 11.6 Å². The smallest absolute Gasteiger partial charge is 0.255 e. The molecule has 5 heterocycles. The topological polar surface area (TPSA) is 109 Å². The minimum Gasteiger partial charge on any atom is -0.491 e. The molecular weight excluding hydrogens is 540 g/mol. The molecule has 2 aliphatic heterocycles. The molecule has 0 radical (unpaired) electrons. The zero-order valence-corrected chi connectivity index (χ0v) is 24.3. The second-order valence-corrected chi connectivity index (χ2v) is 11.5. The highest BCUT2D eigenvalue weighted by Gasteiger charge is 2.44. The molecule has 4 aromatic rings. The molecule has 3 aromatic heterocycles. The summed E-state index contributed by atoms with van der Waals surface area (Å²) in [5.74, 6) is 1.34. The Morgan fingerprint density at radius 2 is 1.95 bits per heavy atom. The normalized spacial score (nSPS) is 15.7. The van der Waals surface area contributed by atoms with Crippen LogP contribution in [0.3, 0.4) is 0 Å². The average molecular weight is 575 g/mol. The molecule has 0 saturated carbocycles. The highest BCUT2D eigenvalue weighted by atomic mass is 32.2. The van der Waals surface area contributed by atoms with Gasteiger partial charge in [0.1, 0.15) is 18.2 Å². The van der Waals surface area contributed by atoms with E-state index in [1.165, 1.54) is 18.4 Å². The fourth-order valence-electron chi connectivity index (χ4n) is 5.38. The lowest BCUT2D eigenvalue weighted by Gasteiger charge is -2.49. The molecule has 6 rings (SSSR count). The van der Waals surface area contributed by atoms with Crippen molar-refractivity contribution in [1.82, 2.24) is 29.8 Å². The molecule has 1 spiro atoms. The Morgan fingerprint density at radius 3 is 2.63 bits per heavy atom. The molecule has 0 atom stereocenters. The summed E-state index contributed by atoms with van der Waals surface area (Å²) in [5, 5.41) is 8.75. The van der Waals surface area contributed by atoms with Crippen molar-refractivity contribution in [3.63, 3.8) is 0 Å². The fourth-order valence-corrected chi connectivity index (χ4v) is 5.92. The average Bonchev–Trinajstić information content (AvgIpc) is 3.61. The summed E-state index contributed by atoms with van der Waals surface area (Å²) in [7, 11) is 5.12. The van der Waals surface area contributed by atoms with Gasteiger partial charge in [0.15, 0.2) is 0 Å². The van der Waals surface area contributed by atoms with Gasteiger partial charge in [-0.3, -0.25) is 4.79 Å². The Kier molecular flexibility index (Phi) is 7.69. The van der Waals surface area contributed by atoms with Gasteiger partial charge in [0.05, 0.1) is 41.5 Å². The van der Waals surface area contributed by atoms with Gasteiger partial charge >= 0.3 is 0 Å². The van der Waals surface area contributed by atoms with E-state index in [0.717, 1.165) is 54.5 Å².